The molecule has 0 heterocycles. The summed E-state index contributed by atoms with van der Waals surface area (Å²) in [5.41, 5.74) is 5.57. The molecule has 1 unspecified atom stereocenters. The summed E-state index contributed by atoms with van der Waals surface area (Å²) >= 11 is 0. The van der Waals surface area contributed by atoms with Crippen molar-refractivity contribution in [3.8, 4) is 11.1 Å². The summed E-state index contributed by atoms with van der Waals surface area (Å²) in [6.07, 6.45) is 1.18. The molecule has 0 spiro atoms. The van der Waals surface area contributed by atoms with Gasteiger partial charge in [-0.05, 0) is 41.5 Å². The van der Waals surface area contributed by atoms with Crippen molar-refractivity contribution in [3.63, 3.8) is 0 Å². The Hall–Kier alpha value is -1.56. The van der Waals surface area contributed by atoms with Gasteiger partial charge in [0, 0.05) is 0 Å². The van der Waals surface area contributed by atoms with Gasteiger partial charge in [-0.15, -0.1) is 0 Å². The number of benzene rings is 2. The Kier molecular flexibility index (Phi) is 3.63. The van der Waals surface area contributed by atoms with E-state index in [9.17, 15) is 0 Å². The van der Waals surface area contributed by atoms with Crippen molar-refractivity contribution in [3.05, 3.63) is 59.7 Å². The number of aryl methyl sites for hydroxylation is 1. The molecule has 0 aliphatic rings. The van der Waals surface area contributed by atoms with Gasteiger partial charge in [-0.2, -0.15) is 0 Å². The van der Waals surface area contributed by atoms with E-state index < -0.39 is 0 Å². The molecule has 0 bridgehead atoms. The lowest BCUT2D eigenvalue weighted by Crippen LogP contribution is -1.95. The lowest BCUT2D eigenvalue weighted by Gasteiger charge is -2.16. The third-order valence-corrected chi connectivity index (χ3v) is 3.54. The molecule has 88 valence electrons. The molecule has 0 saturated heterocycles. The average molecular weight is 224 g/mol. The predicted molar refractivity (Wildman–Crippen MR) is 75.3 cm³/mol. The highest BCUT2D eigenvalue weighted by molar-refractivity contribution is 5.71. The lowest BCUT2D eigenvalue weighted by molar-refractivity contribution is 0.735. The van der Waals surface area contributed by atoms with Gasteiger partial charge in [0.15, 0.2) is 0 Å². The molecule has 2 aromatic carbocycles. The first-order valence-electron chi connectivity index (χ1n) is 6.39. The van der Waals surface area contributed by atoms with Crippen molar-refractivity contribution in [2.75, 3.05) is 0 Å². The van der Waals surface area contributed by atoms with Crippen molar-refractivity contribution in [1.29, 1.82) is 0 Å². The Labute approximate surface area is 104 Å². The summed E-state index contributed by atoms with van der Waals surface area (Å²) < 4.78 is 0. The van der Waals surface area contributed by atoms with Crippen LogP contribution in [0.15, 0.2) is 48.5 Å². The van der Waals surface area contributed by atoms with Crippen LogP contribution in [0.25, 0.3) is 11.1 Å². The summed E-state index contributed by atoms with van der Waals surface area (Å²) in [6.45, 7) is 6.74. The maximum Gasteiger partial charge on any atom is -0.0147 e. The maximum atomic E-state index is 2.30. The minimum absolute atomic E-state index is 0.616. The van der Waals surface area contributed by atoms with Gasteiger partial charge in [0.25, 0.3) is 0 Å². The van der Waals surface area contributed by atoms with Crippen LogP contribution in [0.1, 0.15) is 37.3 Å². The standard InChI is InChI=1S/C17H20/c1-4-13(2)15-10-7-8-12-17(15)16-11-6-5-9-14(16)3/h5-13H,4H2,1-3H3. The number of rotatable bonds is 3. The zero-order chi connectivity index (χ0) is 12.3. The Morgan fingerprint density at radius 1 is 0.882 bits per heavy atom. The molecule has 0 saturated carbocycles. The highest BCUT2D eigenvalue weighted by atomic mass is 14.1. The van der Waals surface area contributed by atoms with Gasteiger partial charge in [-0.25, -0.2) is 0 Å². The van der Waals surface area contributed by atoms with E-state index in [1.165, 1.54) is 28.7 Å². The van der Waals surface area contributed by atoms with Crippen molar-refractivity contribution in [2.45, 2.75) is 33.1 Å². The topological polar surface area (TPSA) is 0 Å². The van der Waals surface area contributed by atoms with Crippen LogP contribution in [0, 0.1) is 6.92 Å². The second kappa shape index (κ2) is 5.18. The first kappa shape index (κ1) is 11.9. The quantitative estimate of drug-likeness (QED) is 0.674. The van der Waals surface area contributed by atoms with Gasteiger partial charge < -0.3 is 0 Å². The zero-order valence-electron chi connectivity index (χ0n) is 10.9. The third kappa shape index (κ3) is 2.41. The van der Waals surface area contributed by atoms with Crippen molar-refractivity contribution in [2.24, 2.45) is 0 Å². The number of hydrogen-bond acceptors (Lipinski definition) is 0. The monoisotopic (exact) mass is 224 g/mol. The van der Waals surface area contributed by atoms with Crippen LogP contribution in [0.4, 0.5) is 0 Å². The van der Waals surface area contributed by atoms with E-state index in [4.69, 9.17) is 0 Å². The highest BCUT2D eigenvalue weighted by Crippen LogP contribution is 2.32. The largest absolute Gasteiger partial charge is 0.0648 e. The molecule has 2 rings (SSSR count). The average Bonchev–Trinajstić information content (AvgIpc) is 2.38. The van der Waals surface area contributed by atoms with Crippen molar-refractivity contribution in [1.82, 2.24) is 0 Å². The first-order chi connectivity index (χ1) is 8.24. The third-order valence-electron chi connectivity index (χ3n) is 3.54. The van der Waals surface area contributed by atoms with Crippen LogP contribution in [0.3, 0.4) is 0 Å². The predicted octanol–water partition coefficient (Wildman–Crippen LogP) is 5.18. The molecule has 0 aliphatic carbocycles. The fourth-order valence-electron chi connectivity index (χ4n) is 2.27. The summed E-state index contributed by atoms with van der Waals surface area (Å²) in [4.78, 5) is 0. The second-order valence-corrected chi connectivity index (χ2v) is 4.71. The van der Waals surface area contributed by atoms with Crippen molar-refractivity contribution < 1.29 is 0 Å². The Morgan fingerprint density at radius 2 is 1.47 bits per heavy atom. The summed E-state index contributed by atoms with van der Waals surface area (Å²) in [5.74, 6) is 0.616. The highest BCUT2D eigenvalue weighted by Gasteiger charge is 2.10. The molecular weight excluding hydrogens is 204 g/mol. The Morgan fingerprint density at radius 3 is 2.12 bits per heavy atom. The van der Waals surface area contributed by atoms with Crippen LogP contribution in [-0.4, -0.2) is 0 Å². The SMILES string of the molecule is CCC(C)c1ccccc1-c1ccccc1C. The Bertz CT molecular complexity index is 497. The smallest absolute Gasteiger partial charge is 0.0147 e. The van der Waals surface area contributed by atoms with Gasteiger partial charge in [-0.3, -0.25) is 0 Å². The van der Waals surface area contributed by atoms with E-state index in [0.29, 0.717) is 5.92 Å². The minimum atomic E-state index is 0.616. The van der Waals surface area contributed by atoms with Gasteiger partial charge in [0.1, 0.15) is 0 Å². The lowest BCUT2D eigenvalue weighted by atomic mass is 9.89. The van der Waals surface area contributed by atoms with Crippen LogP contribution >= 0.6 is 0 Å². The summed E-state index contributed by atoms with van der Waals surface area (Å²) in [6, 6.07) is 17.4. The van der Waals surface area contributed by atoms with E-state index in [2.05, 4.69) is 69.3 Å². The zero-order valence-corrected chi connectivity index (χ0v) is 10.9. The normalized spacial score (nSPS) is 12.4. The van der Waals surface area contributed by atoms with Gasteiger partial charge in [0.2, 0.25) is 0 Å². The molecule has 0 aliphatic heterocycles. The molecule has 0 heteroatoms. The van der Waals surface area contributed by atoms with E-state index in [1.54, 1.807) is 0 Å². The van der Waals surface area contributed by atoms with E-state index >= 15 is 0 Å². The van der Waals surface area contributed by atoms with Crippen LogP contribution in [-0.2, 0) is 0 Å². The van der Waals surface area contributed by atoms with Gasteiger partial charge in [-0.1, -0.05) is 62.4 Å². The molecule has 0 aromatic heterocycles. The molecule has 0 N–H and O–H groups in total. The van der Waals surface area contributed by atoms with Crippen LogP contribution < -0.4 is 0 Å². The van der Waals surface area contributed by atoms with E-state index in [0.717, 1.165) is 0 Å². The van der Waals surface area contributed by atoms with Crippen molar-refractivity contribution >= 4 is 0 Å². The summed E-state index contributed by atoms with van der Waals surface area (Å²) in [7, 11) is 0. The van der Waals surface area contributed by atoms with Crippen LogP contribution in [0.5, 0.6) is 0 Å². The minimum Gasteiger partial charge on any atom is -0.0648 e. The molecular formula is C17H20. The van der Waals surface area contributed by atoms with Gasteiger partial charge >= 0.3 is 0 Å². The second-order valence-electron chi connectivity index (χ2n) is 4.71. The van der Waals surface area contributed by atoms with E-state index in [1.807, 2.05) is 0 Å². The summed E-state index contributed by atoms with van der Waals surface area (Å²) in [5, 5.41) is 0. The van der Waals surface area contributed by atoms with Crippen LogP contribution in [0.2, 0.25) is 0 Å². The Balaban J connectivity index is 2.56. The molecule has 0 radical (unpaired) electrons. The fraction of sp³-hybridized carbons (Fsp3) is 0.294. The molecule has 0 nitrogen and oxygen atoms in total. The molecule has 0 fully saturated rings. The van der Waals surface area contributed by atoms with E-state index in [-0.39, 0.29) is 0 Å². The molecule has 17 heavy (non-hydrogen) atoms. The first-order valence-corrected chi connectivity index (χ1v) is 6.39. The molecule has 0 amide bonds. The molecule has 2 aromatic rings. The fourth-order valence-corrected chi connectivity index (χ4v) is 2.27. The molecule has 1 atom stereocenters. The van der Waals surface area contributed by atoms with Gasteiger partial charge in [0.05, 0.1) is 0 Å². The number of hydrogen-bond donors (Lipinski definition) is 0. The maximum absolute atomic E-state index is 2.30.